The summed E-state index contributed by atoms with van der Waals surface area (Å²) in [7, 11) is 0. The Morgan fingerprint density at radius 2 is 1.96 bits per heavy atom. The number of rotatable bonds is 9. The van der Waals surface area contributed by atoms with E-state index in [-0.39, 0.29) is 29.9 Å². The van der Waals surface area contributed by atoms with Gasteiger partial charge in [0.2, 0.25) is 5.91 Å². The highest BCUT2D eigenvalue weighted by atomic mass is 127. The van der Waals surface area contributed by atoms with Crippen LogP contribution < -0.4 is 16.0 Å². The molecule has 1 fully saturated rings. The molecule has 1 aliphatic rings. The number of amides is 1. The summed E-state index contributed by atoms with van der Waals surface area (Å²) in [5.41, 5.74) is 0.943. The Labute approximate surface area is 179 Å². The molecule has 0 radical (unpaired) electrons. The molecule has 7 nitrogen and oxygen atoms in total. The lowest BCUT2D eigenvalue weighted by Crippen LogP contribution is -2.41. The van der Waals surface area contributed by atoms with Crippen molar-refractivity contribution >= 4 is 35.8 Å². The Bertz CT molecular complexity index is 582. The van der Waals surface area contributed by atoms with Crippen LogP contribution in [-0.4, -0.2) is 36.7 Å². The summed E-state index contributed by atoms with van der Waals surface area (Å²) in [5.74, 6) is 2.54. The third kappa shape index (κ3) is 8.94. The molecule has 1 aromatic heterocycles. The number of halogens is 1. The zero-order valence-corrected chi connectivity index (χ0v) is 19.0. The van der Waals surface area contributed by atoms with Gasteiger partial charge >= 0.3 is 0 Å². The molecular formula is C19H34IN5O2. The van der Waals surface area contributed by atoms with Crippen molar-refractivity contribution < 1.29 is 9.32 Å². The predicted molar refractivity (Wildman–Crippen MR) is 118 cm³/mol. The van der Waals surface area contributed by atoms with E-state index in [4.69, 9.17) is 4.52 Å². The van der Waals surface area contributed by atoms with Crippen molar-refractivity contribution in [3.8, 4) is 0 Å². The SMILES string of the molecule is CCNC(=NCc1cc(C(C)C)no1)NCCNC(=O)CC1CCCC1.I. The Kier molecular flexibility index (Phi) is 11.4. The molecule has 0 bridgehead atoms. The molecule has 0 saturated heterocycles. The van der Waals surface area contributed by atoms with Gasteiger partial charge in [0.15, 0.2) is 11.7 Å². The van der Waals surface area contributed by atoms with Crippen LogP contribution in [0, 0.1) is 5.92 Å². The minimum absolute atomic E-state index is 0. The number of aromatic nitrogens is 1. The number of carbonyl (C=O) groups excluding carboxylic acids is 1. The molecule has 0 aliphatic heterocycles. The normalized spacial score (nSPS) is 14.9. The van der Waals surface area contributed by atoms with Gasteiger partial charge in [0.1, 0.15) is 6.54 Å². The van der Waals surface area contributed by atoms with Crippen LogP contribution in [-0.2, 0) is 11.3 Å². The third-order valence-electron chi connectivity index (χ3n) is 4.59. The highest BCUT2D eigenvalue weighted by Gasteiger charge is 2.17. The quantitative estimate of drug-likeness (QED) is 0.214. The third-order valence-corrected chi connectivity index (χ3v) is 4.59. The Morgan fingerprint density at radius 3 is 2.59 bits per heavy atom. The van der Waals surface area contributed by atoms with E-state index in [0.29, 0.717) is 43.9 Å². The molecule has 3 N–H and O–H groups in total. The Hall–Kier alpha value is -1.32. The first-order chi connectivity index (χ1) is 12.6. The van der Waals surface area contributed by atoms with E-state index in [1.165, 1.54) is 25.7 Å². The van der Waals surface area contributed by atoms with Crippen LogP contribution in [0.5, 0.6) is 0 Å². The van der Waals surface area contributed by atoms with Crippen LogP contribution in [0.3, 0.4) is 0 Å². The van der Waals surface area contributed by atoms with E-state index in [0.717, 1.165) is 18.0 Å². The smallest absolute Gasteiger partial charge is 0.220 e. The lowest BCUT2D eigenvalue weighted by atomic mass is 10.0. The minimum Gasteiger partial charge on any atom is -0.359 e. The Balaban J connectivity index is 0.00000364. The topological polar surface area (TPSA) is 91.6 Å². The van der Waals surface area contributed by atoms with Gasteiger partial charge in [-0.15, -0.1) is 24.0 Å². The van der Waals surface area contributed by atoms with Gasteiger partial charge in [-0.2, -0.15) is 0 Å². The summed E-state index contributed by atoms with van der Waals surface area (Å²) in [6, 6.07) is 1.95. The average Bonchev–Trinajstić information content (AvgIpc) is 3.28. The van der Waals surface area contributed by atoms with Gasteiger partial charge < -0.3 is 20.5 Å². The summed E-state index contributed by atoms with van der Waals surface area (Å²) in [5, 5.41) is 13.5. The van der Waals surface area contributed by atoms with Crippen molar-refractivity contribution in [1.82, 2.24) is 21.1 Å². The molecule has 1 aromatic rings. The molecule has 0 atom stereocenters. The largest absolute Gasteiger partial charge is 0.359 e. The summed E-state index contributed by atoms with van der Waals surface area (Å²) in [6.45, 7) is 8.61. The molecule has 27 heavy (non-hydrogen) atoms. The van der Waals surface area contributed by atoms with E-state index >= 15 is 0 Å². The number of hydrogen-bond donors (Lipinski definition) is 3. The van der Waals surface area contributed by atoms with E-state index in [9.17, 15) is 4.79 Å². The highest BCUT2D eigenvalue weighted by Crippen LogP contribution is 2.27. The predicted octanol–water partition coefficient (Wildman–Crippen LogP) is 3.17. The van der Waals surface area contributed by atoms with E-state index in [1.54, 1.807) is 0 Å². The summed E-state index contributed by atoms with van der Waals surface area (Å²) < 4.78 is 5.31. The first-order valence-corrected chi connectivity index (χ1v) is 9.82. The number of hydrogen-bond acceptors (Lipinski definition) is 4. The second kappa shape index (κ2) is 13.0. The number of nitrogens with one attached hydrogen (secondary N) is 3. The fourth-order valence-electron chi connectivity index (χ4n) is 3.11. The van der Waals surface area contributed by atoms with Crippen molar-refractivity contribution in [2.75, 3.05) is 19.6 Å². The maximum Gasteiger partial charge on any atom is 0.220 e. The standard InChI is InChI=1S/C19H33N5O2.HI/c1-4-20-19(23-13-16-12-17(14(2)3)24-26-16)22-10-9-21-18(25)11-15-7-5-6-8-15;/h12,14-15H,4-11,13H2,1-3H3,(H,21,25)(H2,20,22,23);1H. The summed E-state index contributed by atoms with van der Waals surface area (Å²) in [4.78, 5) is 16.4. The van der Waals surface area contributed by atoms with Crippen LogP contribution in [0.4, 0.5) is 0 Å². The molecule has 1 heterocycles. The zero-order valence-electron chi connectivity index (χ0n) is 16.7. The van der Waals surface area contributed by atoms with E-state index in [1.807, 2.05) is 13.0 Å². The molecule has 0 spiro atoms. The van der Waals surface area contributed by atoms with Crippen molar-refractivity contribution in [3.63, 3.8) is 0 Å². The first-order valence-electron chi connectivity index (χ1n) is 9.82. The van der Waals surface area contributed by atoms with Crippen LogP contribution in [0.1, 0.15) is 70.2 Å². The van der Waals surface area contributed by atoms with Gasteiger partial charge in [0.05, 0.1) is 5.69 Å². The van der Waals surface area contributed by atoms with Crippen LogP contribution in [0.15, 0.2) is 15.6 Å². The highest BCUT2D eigenvalue weighted by molar-refractivity contribution is 14.0. The zero-order chi connectivity index (χ0) is 18.8. The van der Waals surface area contributed by atoms with Crippen LogP contribution >= 0.6 is 24.0 Å². The molecule has 1 amide bonds. The maximum atomic E-state index is 11.9. The van der Waals surface area contributed by atoms with Gasteiger partial charge in [-0.25, -0.2) is 4.99 Å². The number of carbonyl (C=O) groups is 1. The molecule has 1 aliphatic carbocycles. The van der Waals surface area contributed by atoms with Gasteiger partial charge in [0, 0.05) is 32.1 Å². The van der Waals surface area contributed by atoms with Gasteiger partial charge in [-0.3, -0.25) is 4.79 Å². The lowest BCUT2D eigenvalue weighted by molar-refractivity contribution is -0.121. The van der Waals surface area contributed by atoms with Gasteiger partial charge in [-0.05, 0) is 31.6 Å². The van der Waals surface area contributed by atoms with Crippen LogP contribution in [0.2, 0.25) is 0 Å². The second-order valence-electron chi connectivity index (χ2n) is 7.20. The summed E-state index contributed by atoms with van der Waals surface area (Å²) in [6.07, 6.45) is 5.60. The molecule has 154 valence electrons. The number of nitrogens with zero attached hydrogens (tertiary/aromatic N) is 2. The van der Waals surface area contributed by atoms with Gasteiger partial charge in [0.25, 0.3) is 0 Å². The van der Waals surface area contributed by atoms with E-state index < -0.39 is 0 Å². The molecular weight excluding hydrogens is 457 g/mol. The van der Waals surface area contributed by atoms with Crippen molar-refractivity contribution in [1.29, 1.82) is 0 Å². The van der Waals surface area contributed by atoms with Gasteiger partial charge in [-0.1, -0.05) is 31.8 Å². The fourth-order valence-corrected chi connectivity index (χ4v) is 3.11. The lowest BCUT2D eigenvalue weighted by Gasteiger charge is -2.12. The summed E-state index contributed by atoms with van der Waals surface area (Å²) >= 11 is 0. The number of guanidine groups is 1. The van der Waals surface area contributed by atoms with Crippen LogP contribution in [0.25, 0.3) is 0 Å². The maximum absolute atomic E-state index is 11.9. The van der Waals surface area contributed by atoms with Crippen molar-refractivity contribution in [3.05, 3.63) is 17.5 Å². The second-order valence-corrected chi connectivity index (χ2v) is 7.20. The van der Waals surface area contributed by atoms with Crippen molar-refractivity contribution in [2.45, 2.75) is 65.3 Å². The average molecular weight is 491 g/mol. The molecule has 1 saturated carbocycles. The van der Waals surface area contributed by atoms with Crippen molar-refractivity contribution in [2.24, 2.45) is 10.9 Å². The fraction of sp³-hybridized carbons (Fsp3) is 0.737. The minimum atomic E-state index is 0. The first kappa shape index (κ1) is 23.7. The molecule has 0 unspecified atom stereocenters. The molecule has 2 rings (SSSR count). The van der Waals surface area contributed by atoms with E-state index in [2.05, 4.69) is 39.9 Å². The molecule has 8 heteroatoms. The monoisotopic (exact) mass is 491 g/mol. The Morgan fingerprint density at radius 1 is 1.26 bits per heavy atom. The number of aliphatic imine (C=N–C) groups is 1. The molecule has 0 aromatic carbocycles.